The Morgan fingerprint density at radius 3 is 2.41 bits per heavy atom. The van der Waals surface area contributed by atoms with Crippen molar-refractivity contribution in [1.29, 1.82) is 0 Å². The van der Waals surface area contributed by atoms with Crippen LogP contribution in [0.1, 0.15) is 65.7 Å². The number of alkyl halides is 1. The zero-order chi connectivity index (χ0) is 12.7. The number of halogens is 1. The molecule has 1 fully saturated rings. The lowest BCUT2D eigenvalue weighted by molar-refractivity contribution is -0.146. The van der Waals surface area contributed by atoms with Gasteiger partial charge in [0.05, 0.1) is 6.61 Å². The molecule has 2 atom stereocenters. The van der Waals surface area contributed by atoms with Crippen molar-refractivity contribution in [3.8, 4) is 0 Å². The lowest BCUT2D eigenvalue weighted by Gasteiger charge is -2.19. The van der Waals surface area contributed by atoms with E-state index in [1.165, 1.54) is 25.7 Å². The molecule has 1 heterocycles. The van der Waals surface area contributed by atoms with Crippen LogP contribution in [0.3, 0.4) is 0 Å². The van der Waals surface area contributed by atoms with E-state index in [9.17, 15) is 4.39 Å². The van der Waals surface area contributed by atoms with Crippen LogP contribution in [0.25, 0.3) is 0 Å². The highest BCUT2D eigenvalue weighted by molar-refractivity contribution is 4.77. The summed E-state index contributed by atoms with van der Waals surface area (Å²) in [4.78, 5) is 0. The van der Waals surface area contributed by atoms with E-state index in [1.54, 1.807) is 0 Å². The third-order valence-electron chi connectivity index (χ3n) is 3.27. The second-order valence-corrected chi connectivity index (χ2v) is 5.44. The van der Waals surface area contributed by atoms with Crippen molar-refractivity contribution in [3.63, 3.8) is 0 Å². The lowest BCUT2D eigenvalue weighted by Crippen LogP contribution is -2.27. The van der Waals surface area contributed by atoms with E-state index in [-0.39, 0.29) is 6.10 Å². The van der Waals surface area contributed by atoms with Crippen LogP contribution in [0.4, 0.5) is 4.39 Å². The van der Waals surface area contributed by atoms with Gasteiger partial charge in [-0.1, -0.05) is 45.4 Å². The van der Waals surface area contributed by atoms with E-state index in [4.69, 9.17) is 9.47 Å². The molecule has 0 spiro atoms. The van der Waals surface area contributed by atoms with Crippen molar-refractivity contribution in [2.45, 2.75) is 83.8 Å². The lowest BCUT2D eigenvalue weighted by atomic mass is 10.1. The van der Waals surface area contributed by atoms with Crippen LogP contribution >= 0.6 is 0 Å². The van der Waals surface area contributed by atoms with Crippen LogP contribution in [0.2, 0.25) is 0 Å². The molecule has 102 valence electrons. The highest BCUT2D eigenvalue weighted by atomic mass is 19.1. The first-order chi connectivity index (χ1) is 8.05. The molecule has 17 heavy (non-hydrogen) atoms. The fraction of sp³-hybridized carbons (Fsp3) is 1.00. The molecule has 0 radical (unpaired) electrons. The number of hydrogen-bond acceptors (Lipinski definition) is 2. The van der Waals surface area contributed by atoms with Gasteiger partial charge in [-0.15, -0.1) is 0 Å². The molecule has 1 saturated heterocycles. The first-order valence-corrected chi connectivity index (χ1v) is 7.01. The number of hydrogen-bond donors (Lipinski definition) is 0. The van der Waals surface area contributed by atoms with Gasteiger partial charge in [-0.2, -0.15) is 0 Å². The normalized spacial score (nSPS) is 25.1. The Balaban J connectivity index is 2.03. The Labute approximate surface area is 105 Å². The molecule has 0 amide bonds. The summed E-state index contributed by atoms with van der Waals surface area (Å²) in [6.07, 6.45) is 6.54. The zero-order valence-corrected chi connectivity index (χ0v) is 11.5. The van der Waals surface area contributed by atoms with Gasteiger partial charge in [-0.25, -0.2) is 4.39 Å². The highest BCUT2D eigenvalue weighted by Crippen LogP contribution is 2.27. The van der Waals surface area contributed by atoms with E-state index in [0.29, 0.717) is 13.0 Å². The van der Waals surface area contributed by atoms with Gasteiger partial charge in [-0.05, 0) is 20.3 Å². The summed E-state index contributed by atoms with van der Waals surface area (Å²) in [6, 6.07) is 0. The molecule has 1 aliphatic rings. The average Bonchev–Trinajstić information content (AvgIpc) is 2.64. The van der Waals surface area contributed by atoms with Crippen molar-refractivity contribution in [2.75, 3.05) is 6.61 Å². The van der Waals surface area contributed by atoms with Gasteiger partial charge in [0.15, 0.2) is 5.79 Å². The zero-order valence-electron chi connectivity index (χ0n) is 11.5. The first kappa shape index (κ1) is 14.9. The predicted molar refractivity (Wildman–Crippen MR) is 67.8 cm³/mol. The Morgan fingerprint density at radius 1 is 1.18 bits per heavy atom. The Hall–Kier alpha value is -0.150. The molecule has 1 rings (SSSR count). The summed E-state index contributed by atoms with van der Waals surface area (Å²) in [5, 5.41) is 0. The van der Waals surface area contributed by atoms with Gasteiger partial charge in [0.25, 0.3) is 0 Å². The van der Waals surface area contributed by atoms with Gasteiger partial charge in [0, 0.05) is 0 Å². The van der Waals surface area contributed by atoms with Crippen LogP contribution in [-0.2, 0) is 9.47 Å². The smallest absolute Gasteiger partial charge is 0.163 e. The SMILES string of the molecule is CCCCCCCC[C@H](F)[C@H]1COC(C)(C)O1. The van der Waals surface area contributed by atoms with Crippen LogP contribution in [0.5, 0.6) is 0 Å². The molecule has 3 heteroatoms. The van der Waals surface area contributed by atoms with Gasteiger partial charge < -0.3 is 9.47 Å². The largest absolute Gasteiger partial charge is 0.348 e. The summed E-state index contributed by atoms with van der Waals surface area (Å²) >= 11 is 0. The third-order valence-corrected chi connectivity index (χ3v) is 3.27. The quantitative estimate of drug-likeness (QED) is 0.597. The van der Waals surface area contributed by atoms with E-state index in [1.807, 2.05) is 13.8 Å². The number of ether oxygens (including phenoxy) is 2. The minimum Gasteiger partial charge on any atom is -0.348 e. The fourth-order valence-electron chi connectivity index (χ4n) is 2.20. The van der Waals surface area contributed by atoms with Crippen molar-refractivity contribution < 1.29 is 13.9 Å². The summed E-state index contributed by atoms with van der Waals surface area (Å²) in [7, 11) is 0. The molecule has 0 unspecified atom stereocenters. The Bertz CT molecular complexity index is 206. The molecule has 0 saturated carbocycles. The Morgan fingerprint density at radius 2 is 1.82 bits per heavy atom. The van der Waals surface area contributed by atoms with E-state index < -0.39 is 12.0 Å². The van der Waals surface area contributed by atoms with Crippen LogP contribution in [0.15, 0.2) is 0 Å². The Kier molecular flexibility index (Phi) is 6.42. The summed E-state index contributed by atoms with van der Waals surface area (Å²) < 4.78 is 24.7. The molecule has 2 nitrogen and oxygen atoms in total. The standard InChI is InChI=1S/C14H27FO2/c1-4-5-6-7-8-9-10-12(15)13-11-16-14(2,3)17-13/h12-13H,4-11H2,1-3H3/t12-,13+/m0/s1. The molecule has 0 N–H and O–H groups in total. The van der Waals surface area contributed by atoms with Crippen molar-refractivity contribution in [1.82, 2.24) is 0 Å². The maximum Gasteiger partial charge on any atom is 0.163 e. The van der Waals surface area contributed by atoms with Crippen LogP contribution in [0, 0.1) is 0 Å². The molecule has 0 aromatic heterocycles. The first-order valence-electron chi connectivity index (χ1n) is 7.01. The van der Waals surface area contributed by atoms with E-state index in [2.05, 4.69) is 6.92 Å². The van der Waals surface area contributed by atoms with E-state index in [0.717, 1.165) is 12.8 Å². The number of rotatable bonds is 8. The fourth-order valence-corrected chi connectivity index (χ4v) is 2.20. The summed E-state index contributed by atoms with van der Waals surface area (Å²) in [5.41, 5.74) is 0. The van der Waals surface area contributed by atoms with Crippen molar-refractivity contribution in [2.24, 2.45) is 0 Å². The molecule has 0 aromatic carbocycles. The minimum absolute atomic E-state index is 0.361. The third kappa shape index (κ3) is 5.82. The highest BCUT2D eigenvalue weighted by Gasteiger charge is 2.37. The predicted octanol–water partition coefficient (Wildman–Crippen LogP) is 4.23. The van der Waals surface area contributed by atoms with Gasteiger partial charge in [0.1, 0.15) is 12.3 Å². The molecule has 1 aliphatic heterocycles. The average molecular weight is 246 g/mol. The van der Waals surface area contributed by atoms with Crippen molar-refractivity contribution in [3.05, 3.63) is 0 Å². The van der Waals surface area contributed by atoms with Crippen LogP contribution in [-0.4, -0.2) is 24.7 Å². The summed E-state index contributed by atoms with van der Waals surface area (Å²) in [6.45, 7) is 6.27. The van der Waals surface area contributed by atoms with E-state index >= 15 is 0 Å². The molecule has 0 aromatic rings. The topological polar surface area (TPSA) is 18.5 Å². The van der Waals surface area contributed by atoms with Crippen LogP contribution < -0.4 is 0 Å². The maximum absolute atomic E-state index is 13.8. The van der Waals surface area contributed by atoms with Gasteiger partial charge >= 0.3 is 0 Å². The van der Waals surface area contributed by atoms with Gasteiger partial charge in [0.2, 0.25) is 0 Å². The number of unbranched alkanes of at least 4 members (excludes halogenated alkanes) is 5. The molecular weight excluding hydrogens is 219 g/mol. The van der Waals surface area contributed by atoms with Crippen molar-refractivity contribution >= 4 is 0 Å². The monoisotopic (exact) mass is 246 g/mol. The second kappa shape index (κ2) is 7.32. The maximum atomic E-state index is 13.8. The summed E-state index contributed by atoms with van der Waals surface area (Å²) in [5.74, 6) is -0.601. The second-order valence-electron chi connectivity index (χ2n) is 5.44. The minimum atomic E-state index is -0.872. The molecule has 0 bridgehead atoms. The molecular formula is C14H27FO2. The van der Waals surface area contributed by atoms with Gasteiger partial charge in [-0.3, -0.25) is 0 Å². The molecule has 0 aliphatic carbocycles.